The average Bonchev–Trinajstić information content (AvgIpc) is 2.63. The number of hydrogen-bond donors (Lipinski definition) is 1. The van der Waals surface area contributed by atoms with Crippen molar-refractivity contribution in [2.75, 3.05) is 0 Å². The first-order valence-corrected chi connectivity index (χ1v) is 5.16. The number of aromatic nitrogens is 2. The second-order valence-electron chi connectivity index (χ2n) is 3.52. The lowest BCUT2D eigenvalue weighted by Crippen LogP contribution is -2.17. The van der Waals surface area contributed by atoms with E-state index in [0.717, 1.165) is 5.69 Å². The van der Waals surface area contributed by atoms with Crippen molar-refractivity contribution >= 4 is 11.6 Å². The quantitative estimate of drug-likeness (QED) is 0.874. The summed E-state index contributed by atoms with van der Waals surface area (Å²) in [5.74, 6) is -0.402. The fourth-order valence-corrected chi connectivity index (χ4v) is 1.76. The van der Waals surface area contributed by atoms with Crippen molar-refractivity contribution < 1.29 is 4.39 Å². The third-order valence-electron chi connectivity index (χ3n) is 2.48. The molecule has 1 aromatic heterocycles. The van der Waals surface area contributed by atoms with Crippen molar-refractivity contribution in [3.05, 3.63) is 52.6 Å². The Hall–Kier alpha value is -1.39. The fraction of sp³-hybridized carbons (Fsp3) is 0.182. The maximum absolute atomic E-state index is 13.6. The average molecular weight is 240 g/mol. The Labute approximate surface area is 97.6 Å². The molecule has 2 rings (SSSR count). The first-order chi connectivity index (χ1) is 7.59. The van der Waals surface area contributed by atoms with Crippen LogP contribution in [0.5, 0.6) is 0 Å². The Morgan fingerprint density at radius 1 is 1.44 bits per heavy atom. The summed E-state index contributed by atoms with van der Waals surface area (Å²) in [4.78, 5) is 0. The molecule has 0 bridgehead atoms. The van der Waals surface area contributed by atoms with E-state index in [-0.39, 0.29) is 0 Å². The second kappa shape index (κ2) is 4.23. The van der Waals surface area contributed by atoms with Crippen LogP contribution in [0.3, 0.4) is 0 Å². The number of benzene rings is 1. The molecular formula is C11H11ClFN3. The molecule has 2 aromatic rings. The van der Waals surface area contributed by atoms with E-state index in [1.54, 1.807) is 36.1 Å². The highest BCUT2D eigenvalue weighted by atomic mass is 35.5. The van der Waals surface area contributed by atoms with Gasteiger partial charge < -0.3 is 5.73 Å². The van der Waals surface area contributed by atoms with Crippen LogP contribution in [0, 0.1) is 5.82 Å². The van der Waals surface area contributed by atoms with Gasteiger partial charge in [0.05, 0.1) is 11.7 Å². The molecule has 5 heteroatoms. The first kappa shape index (κ1) is 11.1. The molecule has 1 unspecified atom stereocenters. The monoisotopic (exact) mass is 239 g/mol. The molecule has 1 aromatic carbocycles. The summed E-state index contributed by atoms with van der Waals surface area (Å²) in [6, 6.07) is 5.70. The molecule has 0 fully saturated rings. The highest BCUT2D eigenvalue weighted by Crippen LogP contribution is 2.23. The predicted octanol–water partition coefficient (Wildman–Crippen LogP) is 2.26. The molecule has 0 radical (unpaired) electrons. The van der Waals surface area contributed by atoms with E-state index in [4.69, 9.17) is 17.3 Å². The van der Waals surface area contributed by atoms with E-state index in [2.05, 4.69) is 5.10 Å². The van der Waals surface area contributed by atoms with Crippen LogP contribution in [0.4, 0.5) is 4.39 Å². The van der Waals surface area contributed by atoms with Gasteiger partial charge in [-0.05, 0) is 18.2 Å². The summed E-state index contributed by atoms with van der Waals surface area (Å²) in [5, 5.41) is 4.36. The molecule has 1 atom stereocenters. The van der Waals surface area contributed by atoms with E-state index >= 15 is 0 Å². The largest absolute Gasteiger partial charge is 0.319 e. The minimum absolute atomic E-state index is 0.360. The lowest BCUT2D eigenvalue weighted by Gasteiger charge is -2.13. The lowest BCUT2D eigenvalue weighted by atomic mass is 10.0. The van der Waals surface area contributed by atoms with Gasteiger partial charge in [-0.1, -0.05) is 17.7 Å². The number of halogens is 2. The summed E-state index contributed by atoms with van der Waals surface area (Å²) < 4.78 is 15.3. The molecule has 0 saturated carbocycles. The molecule has 0 saturated heterocycles. The molecule has 84 valence electrons. The number of aryl methyl sites for hydroxylation is 1. The third-order valence-corrected chi connectivity index (χ3v) is 2.71. The molecule has 16 heavy (non-hydrogen) atoms. The van der Waals surface area contributed by atoms with E-state index in [9.17, 15) is 4.39 Å². The van der Waals surface area contributed by atoms with Gasteiger partial charge in [0.25, 0.3) is 0 Å². The molecule has 0 spiro atoms. The van der Waals surface area contributed by atoms with Gasteiger partial charge in [-0.2, -0.15) is 5.10 Å². The van der Waals surface area contributed by atoms with E-state index in [0.29, 0.717) is 10.6 Å². The maximum Gasteiger partial charge on any atom is 0.129 e. The van der Waals surface area contributed by atoms with Gasteiger partial charge in [-0.25, -0.2) is 4.39 Å². The van der Waals surface area contributed by atoms with Crippen LogP contribution >= 0.6 is 11.6 Å². The van der Waals surface area contributed by atoms with Crippen LogP contribution in [0.15, 0.2) is 30.5 Å². The zero-order valence-corrected chi connectivity index (χ0v) is 9.45. The van der Waals surface area contributed by atoms with Crippen LogP contribution in [-0.2, 0) is 7.05 Å². The Balaban J connectivity index is 2.41. The van der Waals surface area contributed by atoms with Crippen LogP contribution < -0.4 is 5.73 Å². The van der Waals surface area contributed by atoms with Crippen molar-refractivity contribution in [1.82, 2.24) is 9.78 Å². The fourth-order valence-electron chi connectivity index (χ4n) is 1.60. The van der Waals surface area contributed by atoms with Crippen LogP contribution in [0.25, 0.3) is 0 Å². The van der Waals surface area contributed by atoms with Gasteiger partial charge >= 0.3 is 0 Å². The Morgan fingerprint density at radius 3 is 2.75 bits per heavy atom. The summed E-state index contributed by atoms with van der Waals surface area (Å²) in [5.41, 5.74) is 7.13. The van der Waals surface area contributed by atoms with E-state index in [1.807, 2.05) is 0 Å². The van der Waals surface area contributed by atoms with Gasteiger partial charge in [0.15, 0.2) is 0 Å². The van der Waals surface area contributed by atoms with Crippen LogP contribution in [-0.4, -0.2) is 9.78 Å². The topological polar surface area (TPSA) is 43.8 Å². The van der Waals surface area contributed by atoms with Crippen molar-refractivity contribution in [3.63, 3.8) is 0 Å². The van der Waals surface area contributed by atoms with Gasteiger partial charge in [0.1, 0.15) is 5.82 Å². The summed E-state index contributed by atoms with van der Waals surface area (Å²) >= 11 is 5.68. The van der Waals surface area contributed by atoms with Crippen molar-refractivity contribution in [2.45, 2.75) is 6.04 Å². The number of hydrogen-bond acceptors (Lipinski definition) is 2. The highest BCUT2D eigenvalue weighted by Gasteiger charge is 2.16. The normalized spacial score (nSPS) is 12.8. The summed E-state index contributed by atoms with van der Waals surface area (Å²) in [6.45, 7) is 0. The van der Waals surface area contributed by atoms with E-state index < -0.39 is 11.9 Å². The maximum atomic E-state index is 13.6. The number of rotatable bonds is 2. The smallest absolute Gasteiger partial charge is 0.129 e. The molecule has 0 aliphatic rings. The van der Waals surface area contributed by atoms with Gasteiger partial charge in [0.2, 0.25) is 0 Å². The third kappa shape index (κ3) is 1.94. The van der Waals surface area contributed by atoms with Crippen molar-refractivity contribution in [1.29, 1.82) is 0 Å². The first-order valence-electron chi connectivity index (χ1n) is 4.78. The van der Waals surface area contributed by atoms with Gasteiger partial charge in [-0.15, -0.1) is 0 Å². The highest BCUT2D eigenvalue weighted by molar-refractivity contribution is 6.30. The van der Waals surface area contributed by atoms with Gasteiger partial charge in [-0.3, -0.25) is 4.68 Å². The minimum Gasteiger partial charge on any atom is -0.319 e. The lowest BCUT2D eigenvalue weighted by molar-refractivity contribution is 0.586. The Morgan fingerprint density at radius 2 is 2.19 bits per heavy atom. The second-order valence-corrected chi connectivity index (χ2v) is 3.96. The zero-order chi connectivity index (χ0) is 11.7. The molecule has 1 heterocycles. The van der Waals surface area contributed by atoms with Crippen LogP contribution in [0.2, 0.25) is 5.02 Å². The predicted molar refractivity (Wildman–Crippen MR) is 60.6 cm³/mol. The number of nitrogens with zero attached hydrogens (tertiary/aromatic N) is 2. The van der Waals surface area contributed by atoms with Crippen molar-refractivity contribution in [2.24, 2.45) is 12.8 Å². The standard InChI is InChI=1S/C11H11ClFN3/c1-16-10(4-5-15-16)11(14)8-3-2-7(12)6-9(8)13/h2-6,11H,14H2,1H3. The SMILES string of the molecule is Cn1nccc1C(N)c1ccc(Cl)cc1F. The molecule has 2 N–H and O–H groups in total. The minimum atomic E-state index is -0.537. The van der Waals surface area contributed by atoms with Crippen LogP contribution in [0.1, 0.15) is 17.3 Å². The van der Waals surface area contributed by atoms with E-state index in [1.165, 1.54) is 6.07 Å². The molecule has 0 aliphatic carbocycles. The zero-order valence-electron chi connectivity index (χ0n) is 8.69. The van der Waals surface area contributed by atoms with Gasteiger partial charge in [0, 0.05) is 23.8 Å². The van der Waals surface area contributed by atoms with Crippen molar-refractivity contribution in [3.8, 4) is 0 Å². The Bertz CT molecular complexity index is 510. The molecule has 3 nitrogen and oxygen atoms in total. The molecular weight excluding hydrogens is 229 g/mol. The molecule has 0 aliphatic heterocycles. The summed E-state index contributed by atoms with van der Waals surface area (Å²) in [6.07, 6.45) is 1.63. The number of nitrogens with two attached hydrogens (primary N) is 1. The molecule has 0 amide bonds. The summed E-state index contributed by atoms with van der Waals surface area (Å²) in [7, 11) is 1.77. The Kier molecular flexibility index (Phi) is 2.94.